The van der Waals surface area contributed by atoms with Crippen LogP contribution in [0, 0.1) is 0 Å². The maximum atomic E-state index is 13.2. The normalized spacial score (nSPS) is 12.3. The molecular weight excluding hydrogens is 345 g/mol. The minimum Gasteiger partial charge on any atom is -0.479 e. The average Bonchev–Trinajstić information content (AvgIpc) is 2.85. The number of aromatic nitrogens is 3. The summed E-state index contributed by atoms with van der Waals surface area (Å²) < 4.78 is 46.0. The van der Waals surface area contributed by atoms with Crippen molar-refractivity contribution in [1.82, 2.24) is 19.4 Å². The smallest absolute Gasteiger partial charge is 0.406 e. The van der Waals surface area contributed by atoms with E-state index in [1.165, 1.54) is 13.2 Å². The molecule has 8 heteroatoms. The molecule has 0 saturated carbocycles. The van der Waals surface area contributed by atoms with E-state index >= 15 is 0 Å². The molecule has 0 atom stereocenters. The zero-order chi connectivity index (χ0) is 19.1. The predicted molar refractivity (Wildman–Crippen MR) is 95.1 cm³/mol. The minimum absolute atomic E-state index is 0.0968. The van der Waals surface area contributed by atoms with Gasteiger partial charge in [0.15, 0.2) is 5.82 Å². The molecule has 0 aliphatic heterocycles. The van der Waals surface area contributed by atoms with E-state index < -0.39 is 12.7 Å². The molecule has 3 aromatic rings. The van der Waals surface area contributed by atoms with Crippen LogP contribution in [0.1, 0.15) is 11.4 Å². The molecule has 0 bridgehead atoms. The van der Waals surface area contributed by atoms with E-state index in [4.69, 9.17) is 4.74 Å². The van der Waals surface area contributed by atoms with Crippen molar-refractivity contribution in [1.29, 1.82) is 0 Å². The molecule has 0 radical (unpaired) electrons. The fourth-order valence-corrected chi connectivity index (χ4v) is 3.05. The third-order valence-electron chi connectivity index (χ3n) is 3.96. The van der Waals surface area contributed by atoms with Gasteiger partial charge in [0.25, 0.3) is 0 Å². The lowest BCUT2D eigenvalue weighted by molar-refractivity contribution is -0.139. The van der Waals surface area contributed by atoms with E-state index in [1.54, 1.807) is 6.07 Å². The topological polar surface area (TPSA) is 43.2 Å². The molecular formula is C18H19F3N4O. The van der Waals surface area contributed by atoms with Crippen LogP contribution in [-0.2, 0) is 13.1 Å². The Bertz CT molecular complexity index is 976. The molecule has 138 valence electrons. The molecule has 0 aliphatic rings. The van der Waals surface area contributed by atoms with Crippen LogP contribution in [0.5, 0.6) is 5.88 Å². The Hall–Kier alpha value is -2.61. The molecule has 2 heterocycles. The molecule has 0 amide bonds. The van der Waals surface area contributed by atoms with Gasteiger partial charge in [0, 0.05) is 11.9 Å². The van der Waals surface area contributed by atoms with Crippen molar-refractivity contribution in [3.8, 4) is 5.88 Å². The van der Waals surface area contributed by atoms with Crippen LogP contribution in [-0.4, -0.2) is 46.8 Å². The van der Waals surface area contributed by atoms with Gasteiger partial charge in [0.05, 0.1) is 12.6 Å². The van der Waals surface area contributed by atoms with Gasteiger partial charge in [0.1, 0.15) is 17.6 Å². The zero-order valence-corrected chi connectivity index (χ0v) is 14.8. The summed E-state index contributed by atoms with van der Waals surface area (Å²) in [5.74, 6) is 0.401. The lowest BCUT2D eigenvalue weighted by Gasteiger charge is -2.12. The molecule has 0 N–H and O–H groups in total. The van der Waals surface area contributed by atoms with Crippen LogP contribution in [0.4, 0.5) is 13.2 Å². The number of halogens is 3. The number of methoxy groups -OCH3 is 1. The SMILES string of the molecule is C=Cc1nc(OC)c2c(n1)c1cc(CN(C)C)ccc1n2CC(F)(F)F. The van der Waals surface area contributed by atoms with Gasteiger partial charge >= 0.3 is 6.18 Å². The van der Waals surface area contributed by atoms with Crippen molar-refractivity contribution in [2.45, 2.75) is 19.3 Å². The number of hydrogen-bond acceptors (Lipinski definition) is 4. The summed E-state index contributed by atoms with van der Waals surface area (Å²) in [4.78, 5) is 10.5. The Morgan fingerprint density at radius 1 is 1.27 bits per heavy atom. The summed E-state index contributed by atoms with van der Waals surface area (Å²) in [6.07, 6.45) is -2.94. The Balaban J connectivity index is 2.39. The third-order valence-corrected chi connectivity index (χ3v) is 3.96. The molecule has 26 heavy (non-hydrogen) atoms. The van der Waals surface area contributed by atoms with Gasteiger partial charge in [-0.15, -0.1) is 0 Å². The van der Waals surface area contributed by atoms with Gasteiger partial charge < -0.3 is 14.2 Å². The maximum absolute atomic E-state index is 13.2. The standard InChI is InChI=1S/C18H19F3N4O/c1-5-14-22-15-12-8-11(9-24(2)3)6-7-13(12)25(10-18(19,20)21)16(15)17(23-14)26-4/h5-8H,1,9-10H2,2-4H3. The molecule has 0 saturated heterocycles. The van der Waals surface area contributed by atoms with Gasteiger partial charge in [-0.2, -0.15) is 18.2 Å². The molecule has 0 unspecified atom stereocenters. The van der Waals surface area contributed by atoms with Crippen LogP contribution in [0.15, 0.2) is 24.8 Å². The molecule has 3 rings (SSSR count). The summed E-state index contributed by atoms with van der Waals surface area (Å²) in [6, 6.07) is 5.38. The molecule has 0 aliphatic carbocycles. The minimum atomic E-state index is -4.39. The lowest BCUT2D eigenvalue weighted by atomic mass is 10.1. The van der Waals surface area contributed by atoms with Gasteiger partial charge in [-0.3, -0.25) is 0 Å². The largest absolute Gasteiger partial charge is 0.479 e. The third kappa shape index (κ3) is 3.37. The predicted octanol–water partition coefficient (Wildman–Crippen LogP) is 3.86. The molecule has 1 aromatic carbocycles. The highest BCUT2D eigenvalue weighted by Crippen LogP contribution is 2.35. The number of hydrogen-bond donors (Lipinski definition) is 0. The van der Waals surface area contributed by atoms with E-state index in [0.717, 1.165) is 10.1 Å². The van der Waals surface area contributed by atoms with E-state index in [1.807, 2.05) is 31.1 Å². The number of rotatable bonds is 5. The Kier molecular flexibility index (Phi) is 4.62. The van der Waals surface area contributed by atoms with Crippen molar-refractivity contribution in [3.05, 3.63) is 36.2 Å². The van der Waals surface area contributed by atoms with Crippen molar-refractivity contribution in [2.75, 3.05) is 21.2 Å². The van der Waals surface area contributed by atoms with E-state index in [-0.39, 0.29) is 11.4 Å². The Morgan fingerprint density at radius 3 is 2.58 bits per heavy atom. The monoisotopic (exact) mass is 364 g/mol. The molecule has 0 fully saturated rings. The molecule has 5 nitrogen and oxygen atoms in total. The summed E-state index contributed by atoms with van der Waals surface area (Å²) in [5, 5.41) is 0.632. The van der Waals surface area contributed by atoms with Crippen LogP contribution in [0.2, 0.25) is 0 Å². The quantitative estimate of drug-likeness (QED) is 0.690. The summed E-state index contributed by atoms with van der Waals surface area (Å²) >= 11 is 0. The summed E-state index contributed by atoms with van der Waals surface area (Å²) in [7, 11) is 5.23. The van der Waals surface area contributed by atoms with E-state index in [2.05, 4.69) is 16.5 Å². The van der Waals surface area contributed by atoms with Gasteiger partial charge in [-0.1, -0.05) is 12.6 Å². The van der Waals surface area contributed by atoms with Gasteiger partial charge in [-0.25, -0.2) is 4.98 Å². The fraction of sp³-hybridized carbons (Fsp3) is 0.333. The number of ether oxygens (including phenoxy) is 1. The number of alkyl halides is 3. The number of fused-ring (bicyclic) bond motifs is 3. The highest BCUT2D eigenvalue weighted by Gasteiger charge is 2.31. The van der Waals surface area contributed by atoms with Crippen molar-refractivity contribution in [3.63, 3.8) is 0 Å². The highest BCUT2D eigenvalue weighted by atomic mass is 19.4. The van der Waals surface area contributed by atoms with Crippen LogP contribution in [0.3, 0.4) is 0 Å². The first-order valence-electron chi connectivity index (χ1n) is 7.94. The number of benzene rings is 1. The first-order chi connectivity index (χ1) is 12.2. The number of nitrogens with zero attached hydrogens (tertiary/aromatic N) is 4. The molecule has 0 spiro atoms. The van der Waals surface area contributed by atoms with Crippen molar-refractivity contribution >= 4 is 28.0 Å². The first kappa shape index (κ1) is 18.2. The van der Waals surface area contributed by atoms with Crippen molar-refractivity contribution < 1.29 is 17.9 Å². The Labute approximate surface area is 148 Å². The second-order valence-corrected chi connectivity index (χ2v) is 6.28. The zero-order valence-electron chi connectivity index (χ0n) is 14.8. The average molecular weight is 364 g/mol. The maximum Gasteiger partial charge on any atom is 0.406 e. The second-order valence-electron chi connectivity index (χ2n) is 6.28. The summed E-state index contributed by atoms with van der Waals surface area (Å²) in [6.45, 7) is 3.16. The Morgan fingerprint density at radius 2 is 2.00 bits per heavy atom. The fourth-order valence-electron chi connectivity index (χ4n) is 3.05. The van der Waals surface area contributed by atoms with Gasteiger partial charge in [0.2, 0.25) is 5.88 Å². The molecule has 2 aromatic heterocycles. The second kappa shape index (κ2) is 6.60. The van der Waals surface area contributed by atoms with Crippen molar-refractivity contribution in [2.24, 2.45) is 0 Å². The first-order valence-corrected chi connectivity index (χ1v) is 7.94. The van der Waals surface area contributed by atoms with Crippen LogP contribution in [0.25, 0.3) is 28.0 Å². The lowest BCUT2D eigenvalue weighted by Crippen LogP contribution is -2.18. The van der Waals surface area contributed by atoms with E-state index in [0.29, 0.717) is 28.8 Å². The summed E-state index contributed by atoms with van der Waals surface area (Å²) in [5.41, 5.74) is 2.07. The van der Waals surface area contributed by atoms with Crippen LogP contribution >= 0.6 is 0 Å². The van der Waals surface area contributed by atoms with Crippen LogP contribution < -0.4 is 4.74 Å². The van der Waals surface area contributed by atoms with Gasteiger partial charge in [-0.05, 0) is 37.9 Å². The van der Waals surface area contributed by atoms with E-state index in [9.17, 15) is 13.2 Å². The highest BCUT2D eigenvalue weighted by molar-refractivity contribution is 6.07.